The first kappa shape index (κ1) is 16.0. The van der Waals surface area contributed by atoms with Crippen molar-refractivity contribution in [1.29, 1.82) is 0 Å². The van der Waals surface area contributed by atoms with Gasteiger partial charge in [-0.3, -0.25) is 9.36 Å². The number of anilines is 1. The van der Waals surface area contributed by atoms with Crippen LogP contribution in [0.5, 0.6) is 0 Å². The van der Waals surface area contributed by atoms with E-state index in [1.165, 1.54) is 11.7 Å². The molecule has 3 rings (SSSR count). The number of esters is 1. The van der Waals surface area contributed by atoms with Crippen LogP contribution in [0.4, 0.5) is 5.00 Å². The van der Waals surface area contributed by atoms with Gasteiger partial charge in [0.05, 0.1) is 17.6 Å². The fraction of sp³-hybridized carbons (Fsp3) is 0.188. The molecule has 124 valence electrons. The van der Waals surface area contributed by atoms with Crippen molar-refractivity contribution >= 4 is 39.3 Å². The summed E-state index contributed by atoms with van der Waals surface area (Å²) < 4.78 is 11.2. The molecule has 0 saturated heterocycles. The molecule has 24 heavy (non-hydrogen) atoms. The number of nitrogens with one attached hydrogen (secondary N) is 1. The van der Waals surface area contributed by atoms with E-state index >= 15 is 0 Å². The molecule has 0 aliphatic rings. The van der Waals surface area contributed by atoms with Gasteiger partial charge < -0.3 is 14.5 Å². The second-order valence-electron chi connectivity index (χ2n) is 4.94. The van der Waals surface area contributed by atoms with Gasteiger partial charge in [0.2, 0.25) is 5.91 Å². The van der Waals surface area contributed by atoms with Crippen LogP contribution in [0, 0.1) is 0 Å². The number of thiophene rings is 1. The molecule has 1 aromatic carbocycles. The zero-order valence-corrected chi connectivity index (χ0v) is 13.6. The normalized spacial score (nSPS) is 10.7. The van der Waals surface area contributed by atoms with E-state index in [0.29, 0.717) is 21.0 Å². The summed E-state index contributed by atoms with van der Waals surface area (Å²) >= 11 is 1.13. The van der Waals surface area contributed by atoms with E-state index in [0.717, 1.165) is 11.3 Å². The van der Waals surface area contributed by atoms with Crippen molar-refractivity contribution in [2.75, 3.05) is 12.4 Å². The average molecular weight is 346 g/mol. The van der Waals surface area contributed by atoms with Crippen molar-refractivity contribution in [3.63, 3.8) is 0 Å². The highest BCUT2D eigenvalue weighted by Gasteiger charge is 2.13. The SMILES string of the molecule is COC(=O)c1ccc(NC(=O)CCn2c(=O)oc3ccccc32)s1. The summed E-state index contributed by atoms with van der Waals surface area (Å²) in [6.07, 6.45) is 0.106. The van der Waals surface area contributed by atoms with Gasteiger partial charge in [-0.05, 0) is 24.3 Å². The second-order valence-corrected chi connectivity index (χ2v) is 6.02. The maximum atomic E-state index is 12.0. The molecule has 0 atom stereocenters. The molecule has 0 fully saturated rings. The van der Waals surface area contributed by atoms with Crippen LogP contribution >= 0.6 is 11.3 Å². The third-order valence-electron chi connectivity index (χ3n) is 3.39. The number of amides is 1. The standard InChI is InChI=1S/C16H14N2O5S/c1-22-15(20)12-6-7-14(24-12)17-13(19)8-9-18-10-4-2-3-5-11(10)23-16(18)21/h2-7H,8-9H2,1H3,(H,17,19). The van der Waals surface area contributed by atoms with Crippen LogP contribution in [0.3, 0.4) is 0 Å². The number of carbonyl (C=O) groups excluding carboxylic acids is 2. The number of benzene rings is 1. The van der Waals surface area contributed by atoms with Crippen LogP contribution < -0.4 is 11.1 Å². The first-order chi connectivity index (χ1) is 11.6. The first-order valence-corrected chi connectivity index (χ1v) is 7.96. The first-order valence-electron chi connectivity index (χ1n) is 7.15. The van der Waals surface area contributed by atoms with Crippen molar-refractivity contribution in [1.82, 2.24) is 4.57 Å². The molecule has 0 radical (unpaired) electrons. The Kier molecular flexibility index (Phi) is 4.48. The number of aryl methyl sites for hydroxylation is 1. The second kappa shape index (κ2) is 6.71. The topological polar surface area (TPSA) is 90.5 Å². The number of aromatic nitrogens is 1. The third kappa shape index (κ3) is 3.23. The van der Waals surface area contributed by atoms with E-state index in [-0.39, 0.29) is 18.9 Å². The van der Waals surface area contributed by atoms with E-state index < -0.39 is 11.7 Å². The molecule has 1 amide bonds. The highest BCUT2D eigenvalue weighted by atomic mass is 32.1. The van der Waals surface area contributed by atoms with Crippen molar-refractivity contribution < 1.29 is 18.7 Å². The van der Waals surface area contributed by atoms with Gasteiger partial charge >= 0.3 is 11.7 Å². The van der Waals surface area contributed by atoms with Crippen molar-refractivity contribution in [3.05, 3.63) is 51.8 Å². The lowest BCUT2D eigenvalue weighted by atomic mass is 10.3. The lowest BCUT2D eigenvalue weighted by Gasteiger charge is -2.03. The summed E-state index contributed by atoms with van der Waals surface area (Å²) in [5.41, 5.74) is 1.14. The molecule has 0 aliphatic carbocycles. The molecule has 0 spiro atoms. The number of oxazole rings is 1. The predicted molar refractivity (Wildman–Crippen MR) is 89.4 cm³/mol. The van der Waals surface area contributed by atoms with Crippen LogP contribution in [0.2, 0.25) is 0 Å². The Hall–Kier alpha value is -2.87. The summed E-state index contributed by atoms with van der Waals surface area (Å²) in [5.74, 6) is -1.20. The Morgan fingerprint density at radius 3 is 2.83 bits per heavy atom. The fourth-order valence-corrected chi connectivity index (χ4v) is 3.09. The Bertz CT molecular complexity index is 953. The zero-order valence-electron chi connectivity index (χ0n) is 12.8. The maximum absolute atomic E-state index is 12.0. The van der Waals surface area contributed by atoms with E-state index in [4.69, 9.17) is 4.42 Å². The number of rotatable bonds is 5. The molecule has 0 aliphatic heterocycles. The fourth-order valence-electron chi connectivity index (χ4n) is 2.25. The van der Waals surface area contributed by atoms with Crippen molar-refractivity contribution in [2.24, 2.45) is 0 Å². The average Bonchev–Trinajstić information content (AvgIpc) is 3.16. The molecule has 1 N–H and O–H groups in total. The molecule has 0 bridgehead atoms. The van der Waals surface area contributed by atoms with Crippen LogP contribution in [0.25, 0.3) is 11.1 Å². The number of nitrogens with zero attached hydrogens (tertiary/aromatic N) is 1. The monoisotopic (exact) mass is 346 g/mol. The molecule has 3 aromatic rings. The third-order valence-corrected chi connectivity index (χ3v) is 4.37. The number of ether oxygens (including phenoxy) is 1. The number of hydrogen-bond donors (Lipinski definition) is 1. The van der Waals surface area contributed by atoms with Crippen LogP contribution in [-0.2, 0) is 16.1 Å². The lowest BCUT2D eigenvalue weighted by molar-refractivity contribution is -0.116. The Morgan fingerprint density at radius 1 is 1.25 bits per heavy atom. The number of fused-ring (bicyclic) bond motifs is 1. The lowest BCUT2D eigenvalue weighted by Crippen LogP contribution is -2.19. The number of para-hydroxylation sites is 2. The van der Waals surface area contributed by atoms with Crippen molar-refractivity contribution in [2.45, 2.75) is 13.0 Å². The van der Waals surface area contributed by atoms with Gasteiger partial charge in [0.1, 0.15) is 4.88 Å². The quantitative estimate of drug-likeness (QED) is 0.717. The van der Waals surface area contributed by atoms with Gasteiger partial charge in [-0.2, -0.15) is 0 Å². The van der Waals surface area contributed by atoms with Gasteiger partial charge in [-0.25, -0.2) is 9.59 Å². The number of methoxy groups -OCH3 is 1. The van der Waals surface area contributed by atoms with E-state index in [9.17, 15) is 14.4 Å². The summed E-state index contributed by atoms with van der Waals surface area (Å²) in [7, 11) is 1.30. The van der Waals surface area contributed by atoms with Gasteiger partial charge in [-0.1, -0.05) is 12.1 Å². The Labute approximate surface area is 140 Å². The van der Waals surface area contributed by atoms with Gasteiger partial charge in [0, 0.05) is 13.0 Å². The summed E-state index contributed by atoms with van der Waals surface area (Å²) in [6.45, 7) is 0.205. The smallest absolute Gasteiger partial charge is 0.419 e. The van der Waals surface area contributed by atoms with E-state index in [1.807, 2.05) is 0 Å². The van der Waals surface area contributed by atoms with E-state index in [1.54, 1.807) is 36.4 Å². The minimum atomic E-state index is -0.492. The van der Waals surface area contributed by atoms with Crippen LogP contribution in [0.1, 0.15) is 16.1 Å². The highest BCUT2D eigenvalue weighted by molar-refractivity contribution is 7.18. The summed E-state index contributed by atoms with van der Waals surface area (Å²) in [4.78, 5) is 35.7. The van der Waals surface area contributed by atoms with E-state index in [2.05, 4.69) is 10.1 Å². The van der Waals surface area contributed by atoms with Gasteiger partial charge in [0.25, 0.3) is 0 Å². The molecule has 7 nitrogen and oxygen atoms in total. The largest absolute Gasteiger partial charge is 0.465 e. The van der Waals surface area contributed by atoms with Crippen molar-refractivity contribution in [3.8, 4) is 0 Å². The Morgan fingerprint density at radius 2 is 2.04 bits per heavy atom. The van der Waals surface area contributed by atoms with Gasteiger partial charge in [0.15, 0.2) is 5.58 Å². The number of carbonyl (C=O) groups is 2. The molecule has 0 saturated carbocycles. The zero-order chi connectivity index (χ0) is 17.1. The molecule has 0 unspecified atom stereocenters. The van der Waals surface area contributed by atoms with Gasteiger partial charge in [-0.15, -0.1) is 11.3 Å². The highest BCUT2D eigenvalue weighted by Crippen LogP contribution is 2.22. The Balaban J connectivity index is 1.65. The minimum absolute atomic E-state index is 0.106. The van der Waals surface area contributed by atoms with Crippen LogP contribution in [-0.4, -0.2) is 23.6 Å². The molecular weight excluding hydrogens is 332 g/mol. The molecule has 2 aromatic heterocycles. The maximum Gasteiger partial charge on any atom is 0.419 e. The minimum Gasteiger partial charge on any atom is -0.465 e. The number of hydrogen-bond acceptors (Lipinski definition) is 6. The predicted octanol–water partition coefficient (Wildman–Crippen LogP) is 2.47. The molecule has 8 heteroatoms. The molecular formula is C16H14N2O5S. The summed E-state index contributed by atoms with van der Waals surface area (Å²) in [6, 6.07) is 10.3. The molecule has 2 heterocycles. The van der Waals surface area contributed by atoms with Crippen LogP contribution in [0.15, 0.2) is 45.6 Å². The summed E-state index contributed by atoms with van der Waals surface area (Å²) in [5, 5.41) is 3.24.